The van der Waals surface area contributed by atoms with E-state index < -0.39 is 23.9 Å². The first kappa shape index (κ1) is 24.6. The number of thiophene rings is 1. The van der Waals surface area contributed by atoms with Gasteiger partial charge < -0.3 is 25.4 Å². The highest BCUT2D eigenvalue weighted by molar-refractivity contribution is 7.18. The molecule has 0 aliphatic rings. The van der Waals surface area contributed by atoms with Crippen LogP contribution in [0.1, 0.15) is 33.9 Å². The number of aromatic nitrogens is 2. The monoisotopic (exact) mass is 484 g/mol. The Morgan fingerprint density at radius 1 is 1.26 bits per heavy atom. The van der Waals surface area contributed by atoms with E-state index >= 15 is 0 Å². The van der Waals surface area contributed by atoms with Crippen molar-refractivity contribution in [3.8, 4) is 0 Å². The first-order valence-electron chi connectivity index (χ1n) is 10.4. The number of carboxylic acid groups (broad SMARTS) is 2. The Morgan fingerprint density at radius 3 is 2.71 bits per heavy atom. The van der Waals surface area contributed by atoms with E-state index in [9.17, 15) is 24.3 Å². The quantitative estimate of drug-likeness (QED) is 0.303. The number of fused-ring (bicyclic) bond motifs is 1. The molecule has 1 aromatic carbocycles. The molecule has 3 rings (SSSR count). The van der Waals surface area contributed by atoms with Crippen molar-refractivity contribution < 1.29 is 24.6 Å². The summed E-state index contributed by atoms with van der Waals surface area (Å²) >= 11 is 1.17. The molecule has 10 nitrogen and oxygen atoms in total. The molecule has 3 aromatic rings. The minimum Gasteiger partial charge on any atom is -0.481 e. The van der Waals surface area contributed by atoms with Crippen LogP contribution >= 0.6 is 11.3 Å². The topological polar surface area (TPSA) is 153 Å². The van der Waals surface area contributed by atoms with Crippen LogP contribution in [0.2, 0.25) is 0 Å². The van der Waals surface area contributed by atoms with Gasteiger partial charge in [-0.15, -0.1) is 17.9 Å². The molecule has 4 N–H and O–H groups in total. The molecule has 0 radical (unpaired) electrons. The van der Waals surface area contributed by atoms with Gasteiger partial charge in [-0.05, 0) is 43.2 Å². The first-order chi connectivity index (χ1) is 16.2. The van der Waals surface area contributed by atoms with E-state index in [-0.39, 0.29) is 18.4 Å². The fourth-order valence-electron chi connectivity index (χ4n) is 3.38. The summed E-state index contributed by atoms with van der Waals surface area (Å²) in [6, 6.07) is 7.47. The summed E-state index contributed by atoms with van der Waals surface area (Å²) in [6.07, 6.45) is 1.13. The number of hydrogen-bond acceptors (Lipinski definition) is 7. The second-order valence-corrected chi connectivity index (χ2v) is 8.67. The number of nitrogens with one attached hydrogen (secondary N) is 2. The first-order valence-corrected chi connectivity index (χ1v) is 11.2. The average molecular weight is 485 g/mol. The zero-order valence-electron chi connectivity index (χ0n) is 18.4. The standard InChI is InChI=1S/C23H24N4O6S/c1-3-10-27(12-14-4-5-16-15(11-14)21(30)25-13(2)24-16)19-8-7-18(34-19)22(31)26-17(23(32)33)6-9-20(28)29/h3-5,7-8,11,17H,1,6,9-10,12H2,2H3,(H,26,31)(H,28,29)(H,32,33)(H,24,25,30)/t17-/m1/s1. The van der Waals surface area contributed by atoms with Gasteiger partial charge >= 0.3 is 11.9 Å². The third-order valence-electron chi connectivity index (χ3n) is 4.99. The summed E-state index contributed by atoms with van der Waals surface area (Å²) in [4.78, 5) is 56.2. The molecule has 0 saturated heterocycles. The summed E-state index contributed by atoms with van der Waals surface area (Å²) in [5, 5.41) is 21.7. The molecule has 0 fully saturated rings. The lowest BCUT2D eigenvalue weighted by Crippen LogP contribution is -2.40. The van der Waals surface area contributed by atoms with Crippen LogP contribution in [-0.4, -0.2) is 50.6 Å². The lowest BCUT2D eigenvalue weighted by molar-refractivity contribution is -0.140. The largest absolute Gasteiger partial charge is 0.481 e. The lowest BCUT2D eigenvalue weighted by Gasteiger charge is -2.21. The number of anilines is 1. The smallest absolute Gasteiger partial charge is 0.326 e. The predicted octanol–water partition coefficient (Wildman–Crippen LogP) is 2.53. The van der Waals surface area contributed by atoms with Gasteiger partial charge in [0.15, 0.2) is 0 Å². The minimum absolute atomic E-state index is 0.216. The molecule has 178 valence electrons. The highest BCUT2D eigenvalue weighted by atomic mass is 32.1. The van der Waals surface area contributed by atoms with Crippen LogP contribution in [0, 0.1) is 6.92 Å². The summed E-state index contributed by atoms with van der Waals surface area (Å²) in [7, 11) is 0. The number of aromatic amines is 1. The number of aliphatic carboxylic acids is 2. The molecule has 0 bridgehead atoms. The predicted molar refractivity (Wildman–Crippen MR) is 128 cm³/mol. The molecule has 2 aromatic heterocycles. The van der Waals surface area contributed by atoms with Gasteiger partial charge in [0, 0.05) is 19.5 Å². The Kier molecular flexibility index (Phi) is 7.79. The van der Waals surface area contributed by atoms with Crippen LogP contribution < -0.4 is 15.8 Å². The van der Waals surface area contributed by atoms with Gasteiger partial charge in [0.25, 0.3) is 11.5 Å². The summed E-state index contributed by atoms with van der Waals surface area (Å²) < 4.78 is 0. The maximum atomic E-state index is 12.6. The second kappa shape index (κ2) is 10.8. The van der Waals surface area contributed by atoms with Crippen molar-refractivity contribution in [1.82, 2.24) is 15.3 Å². The van der Waals surface area contributed by atoms with Crippen molar-refractivity contribution >= 4 is 45.1 Å². The number of H-pyrrole nitrogens is 1. The maximum absolute atomic E-state index is 12.6. The van der Waals surface area contributed by atoms with Gasteiger partial charge in [-0.25, -0.2) is 9.78 Å². The number of benzene rings is 1. The second-order valence-electron chi connectivity index (χ2n) is 7.61. The molecule has 0 saturated carbocycles. The maximum Gasteiger partial charge on any atom is 0.326 e. The summed E-state index contributed by atoms with van der Waals surface area (Å²) in [6.45, 7) is 6.41. The van der Waals surface area contributed by atoms with Crippen molar-refractivity contribution in [3.63, 3.8) is 0 Å². The van der Waals surface area contributed by atoms with E-state index in [1.807, 2.05) is 11.0 Å². The fourth-order valence-corrected chi connectivity index (χ4v) is 4.30. The van der Waals surface area contributed by atoms with Gasteiger partial charge in [-0.3, -0.25) is 14.4 Å². The number of aryl methyl sites for hydroxylation is 1. The van der Waals surface area contributed by atoms with Crippen LogP contribution in [0.5, 0.6) is 0 Å². The number of rotatable bonds is 11. The van der Waals surface area contributed by atoms with E-state index in [1.165, 1.54) is 11.3 Å². The Hall–Kier alpha value is -3.99. The molecule has 0 aliphatic carbocycles. The van der Waals surface area contributed by atoms with Gasteiger partial charge in [-0.1, -0.05) is 12.1 Å². The van der Waals surface area contributed by atoms with Gasteiger partial charge in [-0.2, -0.15) is 0 Å². The minimum atomic E-state index is -1.30. The van der Waals surface area contributed by atoms with E-state index in [1.54, 1.807) is 37.3 Å². The highest BCUT2D eigenvalue weighted by Crippen LogP contribution is 2.28. The van der Waals surface area contributed by atoms with Crippen LogP contribution in [0.4, 0.5) is 5.00 Å². The molecule has 0 unspecified atom stereocenters. The Morgan fingerprint density at radius 2 is 2.03 bits per heavy atom. The Balaban J connectivity index is 1.78. The molecular weight excluding hydrogens is 460 g/mol. The number of amides is 1. The third kappa shape index (κ3) is 6.07. The molecule has 34 heavy (non-hydrogen) atoms. The van der Waals surface area contributed by atoms with E-state index in [2.05, 4.69) is 21.9 Å². The van der Waals surface area contributed by atoms with E-state index in [0.717, 1.165) is 10.6 Å². The summed E-state index contributed by atoms with van der Waals surface area (Å²) in [5.41, 5.74) is 1.25. The normalized spacial score (nSPS) is 11.7. The number of carbonyl (C=O) groups excluding carboxylic acids is 1. The van der Waals surface area contributed by atoms with Crippen molar-refractivity contribution in [3.05, 3.63) is 69.6 Å². The molecule has 0 aliphatic heterocycles. The molecule has 2 heterocycles. The van der Waals surface area contributed by atoms with Gasteiger partial charge in [0.1, 0.15) is 11.9 Å². The third-order valence-corrected chi connectivity index (χ3v) is 6.13. The Labute approximate surface area is 198 Å². The molecule has 11 heteroatoms. The molecule has 1 atom stereocenters. The fraction of sp³-hybridized carbons (Fsp3) is 0.261. The number of carboxylic acids is 2. The van der Waals surface area contributed by atoms with Crippen molar-refractivity contribution in [2.75, 3.05) is 11.4 Å². The van der Waals surface area contributed by atoms with Crippen LogP contribution in [0.15, 0.2) is 47.8 Å². The highest BCUT2D eigenvalue weighted by Gasteiger charge is 2.23. The van der Waals surface area contributed by atoms with Crippen LogP contribution in [-0.2, 0) is 16.1 Å². The molecule has 1 amide bonds. The van der Waals surface area contributed by atoms with Gasteiger partial charge in [0.2, 0.25) is 0 Å². The molecule has 0 spiro atoms. The van der Waals surface area contributed by atoms with Crippen molar-refractivity contribution in [2.45, 2.75) is 32.4 Å². The zero-order chi connectivity index (χ0) is 24.8. The lowest BCUT2D eigenvalue weighted by atomic mass is 10.1. The van der Waals surface area contributed by atoms with E-state index in [4.69, 9.17) is 5.11 Å². The summed E-state index contributed by atoms with van der Waals surface area (Å²) in [5.74, 6) is -2.49. The number of hydrogen-bond donors (Lipinski definition) is 4. The van der Waals surface area contributed by atoms with Crippen molar-refractivity contribution in [2.24, 2.45) is 0 Å². The zero-order valence-corrected chi connectivity index (χ0v) is 19.2. The Bertz CT molecular complexity index is 1300. The molecular formula is C23H24N4O6S. The van der Waals surface area contributed by atoms with Crippen LogP contribution in [0.3, 0.4) is 0 Å². The number of nitrogens with zero attached hydrogens (tertiary/aromatic N) is 2. The van der Waals surface area contributed by atoms with Gasteiger partial charge in [0.05, 0.1) is 20.8 Å². The van der Waals surface area contributed by atoms with E-state index in [0.29, 0.717) is 34.7 Å². The van der Waals surface area contributed by atoms with Crippen LogP contribution in [0.25, 0.3) is 10.9 Å². The number of carbonyl (C=O) groups is 3. The SMILES string of the molecule is C=CCN(Cc1ccc2nc(C)[nH]c(=O)c2c1)c1ccc(C(=O)N[C@H](CCC(=O)O)C(=O)O)s1. The average Bonchev–Trinajstić information content (AvgIpc) is 3.26. The van der Waals surface area contributed by atoms with Crippen molar-refractivity contribution in [1.29, 1.82) is 0 Å².